The molecule has 6 nitrogen and oxygen atoms in total. The molecule has 3 heterocycles. The van der Waals surface area contributed by atoms with Crippen LogP contribution in [-0.4, -0.2) is 40.1 Å². The minimum absolute atomic E-state index is 0.00775. The molecule has 1 aliphatic rings. The van der Waals surface area contributed by atoms with E-state index in [1.165, 1.54) is 0 Å². The highest BCUT2D eigenvalue weighted by Gasteiger charge is 2.29. The number of nitrogens with zero attached hydrogens (tertiary/aromatic N) is 3. The second kappa shape index (κ2) is 7.96. The summed E-state index contributed by atoms with van der Waals surface area (Å²) in [6.45, 7) is 5.48. The quantitative estimate of drug-likeness (QED) is 0.908. The van der Waals surface area contributed by atoms with E-state index in [4.69, 9.17) is 4.74 Å². The predicted molar refractivity (Wildman–Crippen MR) is 95.2 cm³/mol. The van der Waals surface area contributed by atoms with Gasteiger partial charge < -0.3 is 15.0 Å². The van der Waals surface area contributed by atoms with Crippen LogP contribution >= 0.6 is 0 Å². The van der Waals surface area contributed by atoms with E-state index >= 15 is 0 Å². The largest absolute Gasteiger partial charge is 0.487 e. The first-order chi connectivity index (χ1) is 12.1. The summed E-state index contributed by atoms with van der Waals surface area (Å²) in [5.41, 5.74) is 1.07. The molecule has 0 aliphatic carbocycles. The molecule has 0 bridgehead atoms. The van der Waals surface area contributed by atoms with E-state index in [1.807, 2.05) is 29.2 Å². The molecule has 1 saturated heterocycles. The number of aromatic nitrogens is 2. The lowest BCUT2D eigenvalue weighted by atomic mass is 9.97. The van der Waals surface area contributed by atoms with Crippen LogP contribution in [0.15, 0.2) is 49.1 Å². The summed E-state index contributed by atoms with van der Waals surface area (Å²) in [6.07, 6.45) is 7.75. The first-order valence-corrected chi connectivity index (χ1v) is 8.65. The third-order valence-electron chi connectivity index (χ3n) is 4.38. The Morgan fingerprint density at radius 3 is 2.72 bits per heavy atom. The molecule has 132 valence electrons. The minimum atomic E-state index is -0.0483. The second-order valence-corrected chi connectivity index (χ2v) is 6.62. The van der Waals surface area contributed by atoms with E-state index in [0.29, 0.717) is 13.1 Å². The Labute approximate surface area is 148 Å². The molecule has 0 saturated carbocycles. The van der Waals surface area contributed by atoms with Crippen LogP contribution in [0, 0.1) is 5.92 Å². The standard InChI is InChI=1S/C19H24N4O2/c1-14(2)18(15-5-9-20-10-6-15)22-19(24)23-11-7-17(13-23)25-16-4-3-8-21-12-16/h3-6,8-10,12,14,17-18H,7,11,13H2,1-2H3,(H,22,24)/t17-,18-/m1/s1. The van der Waals surface area contributed by atoms with Gasteiger partial charge in [0.05, 0.1) is 18.8 Å². The summed E-state index contributed by atoms with van der Waals surface area (Å²) in [7, 11) is 0. The van der Waals surface area contributed by atoms with E-state index in [2.05, 4.69) is 29.1 Å². The monoisotopic (exact) mass is 340 g/mol. The van der Waals surface area contributed by atoms with Gasteiger partial charge in [-0.25, -0.2) is 4.79 Å². The van der Waals surface area contributed by atoms with Crippen LogP contribution in [0.3, 0.4) is 0 Å². The molecular weight excluding hydrogens is 316 g/mol. The molecule has 2 aromatic rings. The Bertz CT molecular complexity index is 678. The van der Waals surface area contributed by atoms with Gasteiger partial charge in [0, 0.05) is 31.6 Å². The van der Waals surface area contributed by atoms with Crippen molar-refractivity contribution in [2.45, 2.75) is 32.4 Å². The van der Waals surface area contributed by atoms with E-state index < -0.39 is 0 Å². The Balaban J connectivity index is 1.58. The lowest BCUT2D eigenvalue weighted by Gasteiger charge is -2.26. The molecule has 0 radical (unpaired) electrons. The van der Waals surface area contributed by atoms with Crippen LogP contribution in [0.25, 0.3) is 0 Å². The molecule has 3 rings (SSSR count). The zero-order valence-electron chi connectivity index (χ0n) is 14.6. The minimum Gasteiger partial charge on any atom is -0.487 e. The molecular formula is C19H24N4O2. The molecule has 0 spiro atoms. The summed E-state index contributed by atoms with van der Waals surface area (Å²) < 4.78 is 5.90. The lowest BCUT2D eigenvalue weighted by Crippen LogP contribution is -2.42. The molecule has 0 aromatic carbocycles. The van der Waals surface area contributed by atoms with Gasteiger partial charge in [-0.1, -0.05) is 13.8 Å². The topological polar surface area (TPSA) is 67.4 Å². The number of carbonyl (C=O) groups excluding carboxylic acids is 1. The van der Waals surface area contributed by atoms with Crippen molar-refractivity contribution in [1.82, 2.24) is 20.2 Å². The number of nitrogens with one attached hydrogen (secondary N) is 1. The summed E-state index contributed by atoms with van der Waals surface area (Å²) in [5, 5.41) is 3.15. The number of urea groups is 1. The first-order valence-electron chi connectivity index (χ1n) is 8.65. The van der Waals surface area contributed by atoms with Crippen molar-refractivity contribution in [3.05, 3.63) is 54.6 Å². The Morgan fingerprint density at radius 2 is 2.04 bits per heavy atom. The Hall–Kier alpha value is -2.63. The molecule has 25 heavy (non-hydrogen) atoms. The van der Waals surface area contributed by atoms with Crippen molar-refractivity contribution in [1.29, 1.82) is 0 Å². The summed E-state index contributed by atoms with van der Waals surface area (Å²) in [6, 6.07) is 7.54. The fourth-order valence-electron chi connectivity index (χ4n) is 3.05. The number of hydrogen-bond acceptors (Lipinski definition) is 4. The molecule has 1 N–H and O–H groups in total. The zero-order chi connectivity index (χ0) is 17.6. The highest BCUT2D eigenvalue weighted by atomic mass is 16.5. The molecule has 2 amide bonds. The van der Waals surface area contributed by atoms with E-state index in [1.54, 1.807) is 24.8 Å². The van der Waals surface area contributed by atoms with Gasteiger partial charge in [-0.15, -0.1) is 0 Å². The SMILES string of the molecule is CC(C)[C@@H](NC(=O)N1CC[C@@H](Oc2cccnc2)C1)c1ccncc1. The maximum Gasteiger partial charge on any atom is 0.318 e. The number of ether oxygens (including phenoxy) is 1. The highest BCUT2D eigenvalue weighted by Crippen LogP contribution is 2.22. The van der Waals surface area contributed by atoms with Gasteiger partial charge in [0.2, 0.25) is 0 Å². The molecule has 1 fully saturated rings. The number of amides is 2. The van der Waals surface area contributed by atoms with Crippen LogP contribution < -0.4 is 10.1 Å². The van der Waals surface area contributed by atoms with E-state index in [9.17, 15) is 4.79 Å². The van der Waals surface area contributed by atoms with Crippen LogP contribution in [0.1, 0.15) is 31.9 Å². The number of carbonyl (C=O) groups is 1. The van der Waals surface area contributed by atoms with Crippen LogP contribution in [0.4, 0.5) is 4.79 Å². The molecule has 1 aliphatic heterocycles. The van der Waals surface area contributed by atoms with Gasteiger partial charge in [0.15, 0.2) is 0 Å². The van der Waals surface area contributed by atoms with Crippen LogP contribution in [0.2, 0.25) is 0 Å². The van der Waals surface area contributed by atoms with Crippen LogP contribution in [0.5, 0.6) is 5.75 Å². The third kappa shape index (κ3) is 4.47. The summed E-state index contributed by atoms with van der Waals surface area (Å²) >= 11 is 0. The fraction of sp³-hybridized carbons (Fsp3) is 0.421. The van der Waals surface area contributed by atoms with Gasteiger partial charge in [0.1, 0.15) is 11.9 Å². The van der Waals surface area contributed by atoms with Gasteiger partial charge in [-0.2, -0.15) is 0 Å². The molecule has 0 unspecified atom stereocenters. The van der Waals surface area contributed by atoms with Crippen molar-refractivity contribution in [2.75, 3.05) is 13.1 Å². The van der Waals surface area contributed by atoms with Crippen molar-refractivity contribution < 1.29 is 9.53 Å². The number of rotatable bonds is 5. The zero-order valence-corrected chi connectivity index (χ0v) is 14.6. The predicted octanol–water partition coefficient (Wildman–Crippen LogP) is 3.04. The van der Waals surface area contributed by atoms with E-state index in [0.717, 1.165) is 17.7 Å². The Kier molecular flexibility index (Phi) is 5.48. The third-order valence-corrected chi connectivity index (χ3v) is 4.38. The smallest absolute Gasteiger partial charge is 0.318 e. The number of hydrogen-bond donors (Lipinski definition) is 1. The number of likely N-dealkylation sites (tertiary alicyclic amines) is 1. The van der Waals surface area contributed by atoms with Crippen LogP contribution in [-0.2, 0) is 0 Å². The average molecular weight is 340 g/mol. The van der Waals surface area contributed by atoms with Crippen molar-refractivity contribution >= 4 is 6.03 Å². The molecule has 6 heteroatoms. The maximum absolute atomic E-state index is 12.7. The summed E-state index contributed by atoms with van der Waals surface area (Å²) in [5.74, 6) is 1.03. The van der Waals surface area contributed by atoms with Gasteiger partial charge in [-0.05, 0) is 35.7 Å². The summed E-state index contributed by atoms with van der Waals surface area (Å²) in [4.78, 5) is 22.6. The normalized spacial score (nSPS) is 18.2. The number of pyridine rings is 2. The molecule has 2 aromatic heterocycles. The average Bonchev–Trinajstić information content (AvgIpc) is 3.09. The van der Waals surface area contributed by atoms with Gasteiger partial charge in [0.25, 0.3) is 0 Å². The maximum atomic E-state index is 12.7. The second-order valence-electron chi connectivity index (χ2n) is 6.62. The van der Waals surface area contributed by atoms with Crippen molar-refractivity contribution in [2.24, 2.45) is 5.92 Å². The molecule has 2 atom stereocenters. The van der Waals surface area contributed by atoms with E-state index in [-0.39, 0.29) is 24.1 Å². The highest BCUT2D eigenvalue weighted by molar-refractivity contribution is 5.75. The van der Waals surface area contributed by atoms with Crippen molar-refractivity contribution in [3.8, 4) is 5.75 Å². The fourth-order valence-corrected chi connectivity index (χ4v) is 3.05. The van der Waals surface area contributed by atoms with Gasteiger partial charge in [-0.3, -0.25) is 9.97 Å². The first kappa shape index (κ1) is 17.2. The van der Waals surface area contributed by atoms with Crippen molar-refractivity contribution in [3.63, 3.8) is 0 Å². The van der Waals surface area contributed by atoms with Gasteiger partial charge >= 0.3 is 6.03 Å². The Morgan fingerprint density at radius 1 is 1.24 bits per heavy atom. The lowest BCUT2D eigenvalue weighted by molar-refractivity contribution is 0.181.